The van der Waals surface area contributed by atoms with Crippen molar-refractivity contribution in [3.63, 3.8) is 0 Å². The van der Waals surface area contributed by atoms with E-state index in [-0.39, 0.29) is 6.61 Å². The number of amides is 1. The predicted octanol–water partition coefficient (Wildman–Crippen LogP) is 4.38. The van der Waals surface area contributed by atoms with E-state index in [0.717, 1.165) is 11.8 Å². The summed E-state index contributed by atoms with van der Waals surface area (Å²) in [5.74, 6) is 0. The number of rotatable bonds is 3. The highest BCUT2D eigenvalue weighted by Gasteiger charge is 2.25. The molecule has 0 aliphatic carbocycles. The largest absolute Gasteiger partial charge is 0.444 e. The molecular weight excluding hydrogens is 326 g/mol. The molecule has 24 heavy (non-hydrogen) atoms. The Hall–Kier alpha value is -2.59. The summed E-state index contributed by atoms with van der Waals surface area (Å²) in [5.41, 5.74) is 2.72. The molecule has 0 radical (unpaired) electrons. The van der Waals surface area contributed by atoms with Crippen LogP contribution in [0, 0.1) is 0 Å². The first kappa shape index (κ1) is 16.3. The molecule has 4 nitrogen and oxygen atoms in total. The average molecular weight is 342 g/mol. The Bertz CT molecular complexity index is 786. The summed E-state index contributed by atoms with van der Waals surface area (Å²) in [4.78, 5) is 25.3. The number of nitrogens with zero attached hydrogens (tertiary/aromatic N) is 1. The molecule has 0 fully saturated rings. The second-order valence-corrected chi connectivity index (χ2v) is 5.79. The summed E-state index contributed by atoms with van der Waals surface area (Å²) >= 11 is 6.33. The third-order valence-electron chi connectivity index (χ3n) is 3.89. The number of para-hydroxylation sites is 1. The van der Waals surface area contributed by atoms with Crippen molar-refractivity contribution in [1.29, 1.82) is 0 Å². The molecule has 0 saturated carbocycles. The molecular formula is C19H16ClNO3. The van der Waals surface area contributed by atoms with E-state index in [1.165, 1.54) is 4.90 Å². The highest BCUT2D eigenvalue weighted by atomic mass is 35.5. The van der Waals surface area contributed by atoms with E-state index in [0.29, 0.717) is 34.8 Å². The van der Waals surface area contributed by atoms with Gasteiger partial charge in [0.05, 0.1) is 10.7 Å². The molecule has 2 aromatic rings. The van der Waals surface area contributed by atoms with Gasteiger partial charge in [0.2, 0.25) is 0 Å². The number of aldehydes is 1. The number of hydrogen-bond donors (Lipinski definition) is 0. The molecule has 0 bridgehead atoms. The topological polar surface area (TPSA) is 46.6 Å². The van der Waals surface area contributed by atoms with Gasteiger partial charge in [-0.3, -0.25) is 9.69 Å². The van der Waals surface area contributed by atoms with Gasteiger partial charge in [-0.15, -0.1) is 0 Å². The molecule has 5 heteroatoms. The van der Waals surface area contributed by atoms with Gasteiger partial charge in [-0.1, -0.05) is 60.1 Å². The fourth-order valence-corrected chi connectivity index (χ4v) is 2.93. The molecule has 1 aliphatic rings. The molecule has 0 saturated heterocycles. The first-order chi connectivity index (χ1) is 11.7. The van der Waals surface area contributed by atoms with Crippen molar-refractivity contribution in [2.24, 2.45) is 0 Å². The zero-order chi connectivity index (χ0) is 16.9. The van der Waals surface area contributed by atoms with E-state index in [2.05, 4.69) is 0 Å². The first-order valence-corrected chi connectivity index (χ1v) is 8.00. The molecule has 1 amide bonds. The third kappa shape index (κ3) is 3.34. The van der Waals surface area contributed by atoms with Crippen molar-refractivity contribution in [2.45, 2.75) is 13.0 Å². The highest BCUT2D eigenvalue weighted by Crippen LogP contribution is 2.35. The van der Waals surface area contributed by atoms with Gasteiger partial charge in [-0.05, 0) is 18.1 Å². The van der Waals surface area contributed by atoms with Crippen LogP contribution < -0.4 is 4.90 Å². The van der Waals surface area contributed by atoms with Gasteiger partial charge in [-0.2, -0.15) is 0 Å². The lowest BCUT2D eigenvalue weighted by Gasteiger charge is -2.22. The van der Waals surface area contributed by atoms with Gasteiger partial charge < -0.3 is 4.74 Å². The maximum atomic E-state index is 12.5. The van der Waals surface area contributed by atoms with E-state index in [1.54, 1.807) is 12.1 Å². The molecule has 0 atom stereocenters. The van der Waals surface area contributed by atoms with E-state index in [1.807, 2.05) is 42.5 Å². The Labute approximate surface area is 145 Å². The van der Waals surface area contributed by atoms with Crippen LogP contribution in [0.3, 0.4) is 0 Å². The van der Waals surface area contributed by atoms with Crippen LogP contribution in [-0.2, 0) is 16.1 Å². The van der Waals surface area contributed by atoms with Gasteiger partial charge in [0.15, 0.2) is 0 Å². The second-order valence-electron chi connectivity index (χ2n) is 5.42. The maximum Gasteiger partial charge on any atom is 0.414 e. The SMILES string of the molecule is O=CC1=C(Cl)c2ccccc2N(C(=O)OCc2ccccc2)CC1. The van der Waals surface area contributed by atoms with Crippen LogP contribution in [0.1, 0.15) is 17.5 Å². The molecule has 0 spiro atoms. The number of anilines is 1. The summed E-state index contributed by atoms with van der Waals surface area (Å²) in [7, 11) is 0. The molecule has 0 unspecified atom stereocenters. The molecule has 3 rings (SSSR count). The number of carbonyl (C=O) groups excluding carboxylic acids is 2. The standard InChI is InChI=1S/C19H16ClNO3/c20-18-15(12-22)10-11-21(17-9-5-4-8-16(17)18)19(23)24-13-14-6-2-1-3-7-14/h1-9,12H,10-11,13H2. The van der Waals surface area contributed by atoms with Crippen LogP contribution in [0.4, 0.5) is 10.5 Å². The van der Waals surface area contributed by atoms with Crippen molar-refractivity contribution in [1.82, 2.24) is 0 Å². The summed E-state index contributed by atoms with van der Waals surface area (Å²) in [6.07, 6.45) is 0.679. The lowest BCUT2D eigenvalue weighted by atomic mass is 10.1. The van der Waals surface area contributed by atoms with Crippen LogP contribution in [0.25, 0.3) is 5.03 Å². The molecule has 2 aromatic carbocycles. The number of fused-ring (bicyclic) bond motifs is 1. The number of benzene rings is 2. The summed E-state index contributed by atoms with van der Waals surface area (Å²) < 4.78 is 5.42. The number of hydrogen-bond acceptors (Lipinski definition) is 3. The second kappa shape index (κ2) is 7.32. The summed E-state index contributed by atoms with van der Waals surface area (Å²) in [6, 6.07) is 16.7. The van der Waals surface area contributed by atoms with E-state index >= 15 is 0 Å². The van der Waals surface area contributed by atoms with Gasteiger partial charge in [0, 0.05) is 17.7 Å². The van der Waals surface area contributed by atoms with Gasteiger partial charge in [-0.25, -0.2) is 4.79 Å². The predicted molar refractivity (Wildman–Crippen MR) is 93.9 cm³/mol. The quantitative estimate of drug-likeness (QED) is 0.778. The fraction of sp³-hybridized carbons (Fsp3) is 0.158. The van der Waals surface area contributed by atoms with E-state index in [9.17, 15) is 9.59 Å². The minimum absolute atomic E-state index is 0.194. The highest BCUT2D eigenvalue weighted by molar-refractivity contribution is 6.51. The van der Waals surface area contributed by atoms with Gasteiger partial charge >= 0.3 is 6.09 Å². The van der Waals surface area contributed by atoms with Crippen LogP contribution in [0.5, 0.6) is 0 Å². The van der Waals surface area contributed by atoms with E-state index in [4.69, 9.17) is 16.3 Å². The summed E-state index contributed by atoms with van der Waals surface area (Å²) in [5, 5.41) is 0.388. The van der Waals surface area contributed by atoms with Crippen LogP contribution >= 0.6 is 11.6 Å². The van der Waals surface area contributed by atoms with Crippen molar-refractivity contribution >= 4 is 34.7 Å². The zero-order valence-corrected chi connectivity index (χ0v) is 13.7. The van der Waals surface area contributed by atoms with Crippen molar-refractivity contribution < 1.29 is 14.3 Å². The number of carbonyl (C=O) groups is 2. The van der Waals surface area contributed by atoms with Crippen molar-refractivity contribution in [3.8, 4) is 0 Å². The number of halogens is 1. The Morgan fingerprint density at radius 2 is 1.83 bits per heavy atom. The monoisotopic (exact) mass is 341 g/mol. The summed E-state index contributed by atoms with van der Waals surface area (Å²) in [6.45, 7) is 0.537. The zero-order valence-electron chi connectivity index (χ0n) is 12.9. The lowest BCUT2D eigenvalue weighted by Crippen LogP contribution is -2.32. The maximum absolute atomic E-state index is 12.5. The van der Waals surface area contributed by atoms with E-state index < -0.39 is 6.09 Å². The van der Waals surface area contributed by atoms with Gasteiger partial charge in [0.25, 0.3) is 0 Å². The molecule has 1 aliphatic heterocycles. The average Bonchev–Trinajstić information content (AvgIpc) is 2.77. The minimum Gasteiger partial charge on any atom is -0.444 e. The fourth-order valence-electron chi connectivity index (χ4n) is 2.63. The van der Waals surface area contributed by atoms with Crippen LogP contribution in [0.2, 0.25) is 0 Å². The third-order valence-corrected chi connectivity index (χ3v) is 4.33. The lowest BCUT2D eigenvalue weighted by molar-refractivity contribution is -0.105. The first-order valence-electron chi connectivity index (χ1n) is 7.62. The van der Waals surface area contributed by atoms with Crippen molar-refractivity contribution in [3.05, 3.63) is 71.3 Å². The Morgan fingerprint density at radius 3 is 2.58 bits per heavy atom. The Kier molecular flexibility index (Phi) is 4.96. The Balaban J connectivity index is 1.83. The molecule has 1 heterocycles. The molecule has 0 aromatic heterocycles. The normalized spacial score (nSPS) is 14.0. The molecule has 0 N–H and O–H groups in total. The van der Waals surface area contributed by atoms with Crippen molar-refractivity contribution in [2.75, 3.05) is 11.4 Å². The van der Waals surface area contributed by atoms with Gasteiger partial charge in [0.1, 0.15) is 12.9 Å². The molecule has 122 valence electrons. The minimum atomic E-state index is -0.456. The smallest absolute Gasteiger partial charge is 0.414 e. The Morgan fingerprint density at radius 1 is 1.12 bits per heavy atom. The van der Waals surface area contributed by atoms with Crippen LogP contribution in [0.15, 0.2) is 60.2 Å². The number of ether oxygens (including phenoxy) is 1. The van der Waals surface area contributed by atoms with Crippen LogP contribution in [-0.4, -0.2) is 18.9 Å².